The largest absolute Gasteiger partial charge is 0.313 e. The van der Waals surface area contributed by atoms with E-state index in [-0.39, 0.29) is 0 Å². The Hall–Kier alpha value is -1.08. The standard InChI is InChI=1S/C17H25N/c1-2-17(14-16-10-4-3-5-11-16)18-13-12-15-8-6-7-9-15/h3-5,8,10-11,17-18H,2,6-7,9,12-14H2,1H3. The molecule has 1 aliphatic carbocycles. The van der Waals surface area contributed by atoms with Crippen LogP contribution in [-0.2, 0) is 6.42 Å². The maximum absolute atomic E-state index is 3.70. The van der Waals surface area contributed by atoms with Gasteiger partial charge >= 0.3 is 0 Å². The van der Waals surface area contributed by atoms with Crippen LogP contribution in [0.2, 0.25) is 0 Å². The van der Waals surface area contributed by atoms with Gasteiger partial charge in [0.15, 0.2) is 0 Å². The molecule has 1 unspecified atom stereocenters. The topological polar surface area (TPSA) is 12.0 Å². The molecule has 1 aromatic rings. The molecule has 0 bridgehead atoms. The van der Waals surface area contributed by atoms with E-state index in [0.29, 0.717) is 6.04 Å². The summed E-state index contributed by atoms with van der Waals surface area (Å²) in [7, 11) is 0. The molecule has 18 heavy (non-hydrogen) atoms. The lowest BCUT2D eigenvalue weighted by atomic mass is 10.0. The Balaban J connectivity index is 1.72. The van der Waals surface area contributed by atoms with E-state index in [1.54, 1.807) is 5.57 Å². The third-order valence-corrected chi connectivity index (χ3v) is 3.83. The van der Waals surface area contributed by atoms with Gasteiger partial charge in [-0.1, -0.05) is 48.9 Å². The van der Waals surface area contributed by atoms with E-state index in [9.17, 15) is 0 Å². The molecule has 0 radical (unpaired) electrons. The van der Waals surface area contributed by atoms with E-state index < -0.39 is 0 Å². The van der Waals surface area contributed by atoms with Gasteiger partial charge in [-0.2, -0.15) is 0 Å². The highest BCUT2D eigenvalue weighted by Gasteiger charge is 2.08. The first-order valence-electron chi connectivity index (χ1n) is 7.33. The highest BCUT2D eigenvalue weighted by Crippen LogP contribution is 2.19. The molecule has 1 aliphatic rings. The van der Waals surface area contributed by atoms with Gasteiger partial charge in [0.1, 0.15) is 0 Å². The van der Waals surface area contributed by atoms with Crippen LogP contribution in [0.3, 0.4) is 0 Å². The Morgan fingerprint density at radius 1 is 1.22 bits per heavy atom. The van der Waals surface area contributed by atoms with Crippen molar-refractivity contribution in [1.29, 1.82) is 0 Å². The van der Waals surface area contributed by atoms with Crippen LogP contribution >= 0.6 is 0 Å². The van der Waals surface area contributed by atoms with Crippen LogP contribution in [0.4, 0.5) is 0 Å². The zero-order valence-corrected chi connectivity index (χ0v) is 11.5. The van der Waals surface area contributed by atoms with Crippen LogP contribution in [0, 0.1) is 0 Å². The summed E-state index contributed by atoms with van der Waals surface area (Å²) in [4.78, 5) is 0. The molecule has 1 aromatic carbocycles. The van der Waals surface area contributed by atoms with Gasteiger partial charge in [-0.15, -0.1) is 0 Å². The van der Waals surface area contributed by atoms with Crippen LogP contribution in [0.15, 0.2) is 42.0 Å². The third kappa shape index (κ3) is 4.30. The van der Waals surface area contributed by atoms with Gasteiger partial charge in [-0.25, -0.2) is 0 Å². The van der Waals surface area contributed by atoms with E-state index in [0.717, 1.165) is 13.0 Å². The minimum atomic E-state index is 0.620. The van der Waals surface area contributed by atoms with Gasteiger partial charge in [0.2, 0.25) is 0 Å². The molecule has 98 valence electrons. The second-order valence-electron chi connectivity index (χ2n) is 5.25. The first-order valence-corrected chi connectivity index (χ1v) is 7.33. The minimum Gasteiger partial charge on any atom is -0.313 e. The molecule has 1 heteroatoms. The lowest BCUT2D eigenvalue weighted by Crippen LogP contribution is -2.31. The normalized spacial score (nSPS) is 16.6. The summed E-state index contributed by atoms with van der Waals surface area (Å²) < 4.78 is 0. The Bertz CT molecular complexity index is 366. The van der Waals surface area contributed by atoms with E-state index in [4.69, 9.17) is 0 Å². The molecule has 0 amide bonds. The lowest BCUT2D eigenvalue weighted by molar-refractivity contribution is 0.496. The average molecular weight is 243 g/mol. The highest BCUT2D eigenvalue weighted by molar-refractivity contribution is 5.16. The Morgan fingerprint density at radius 3 is 2.72 bits per heavy atom. The van der Waals surface area contributed by atoms with Crippen LogP contribution in [-0.4, -0.2) is 12.6 Å². The fourth-order valence-electron chi connectivity index (χ4n) is 2.66. The van der Waals surface area contributed by atoms with E-state index >= 15 is 0 Å². The molecule has 0 saturated carbocycles. The Morgan fingerprint density at radius 2 is 2.06 bits per heavy atom. The quantitative estimate of drug-likeness (QED) is 0.711. The number of rotatable bonds is 7. The zero-order valence-electron chi connectivity index (χ0n) is 11.5. The van der Waals surface area contributed by atoms with E-state index in [1.165, 1.54) is 37.7 Å². The predicted octanol–water partition coefficient (Wildman–Crippen LogP) is 4.10. The lowest BCUT2D eigenvalue weighted by Gasteiger charge is -2.17. The van der Waals surface area contributed by atoms with Crippen molar-refractivity contribution in [3.63, 3.8) is 0 Å². The van der Waals surface area contributed by atoms with E-state index in [1.807, 2.05) is 0 Å². The van der Waals surface area contributed by atoms with E-state index in [2.05, 4.69) is 48.6 Å². The SMILES string of the molecule is CCC(Cc1ccccc1)NCCC1=CCCC1. The smallest absolute Gasteiger partial charge is 0.0105 e. The number of benzene rings is 1. The van der Waals surface area contributed by atoms with Crippen molar-refractivity contribution in [2.45, 2.75) is 51.5 Å². The zero-order chi connectivity index (χ0) is 12.6. The summed E-state index contributed by atoms with van der Waals surface area (Å²) in [6, 6.07) is 11.4. The fraction of sp³-hybridized carbons (Fsp3) is 0.529. The molecule has 1 nitrogen and oxygen atoms in total. The summed E-state index contributed by atoms with van der Waals surface area (Å²) in [6.07, 6.45) is 10.0. The van der Waals surface area contributed by atoms with Crippen LogP contribution in [0.1, 0.15) is 44.6 Å². The molecule has 2 rings (SSSR count). The molecule has 1 atom stereocenters. The second kappa shape index (κ2) is 7.38. The summed E-state index contributed by atoms with van der Waals surface area (Å²) in [5.41, 5.74) is 3.11. The molecule has 1 N–H and O–H groups in total. The van der Waals surface area contributed by atoms with Crippen molar-refractivity contribution in [1.82, 2.24) is 5.32 Å². The van der Waals surface area contributed by atoms with Gasteiger partial charge in [-0.05, 0) is 50.6 Å². The first kappa shape index (κ1) is 13.4. The first-order chi connectivity index (χ1) is 8.88. The molecular weight excluding hydrogens is 218 g/mol. The van der Waals surface area contributed by atoms with Crippen molar-refractivity contribution in [2.75, 3.05) is 6.54 Å². The molecule has 0 aliphatic heterocycles. The maximum Gasteiger partial charge on any atom is 0.0105 e. The number of allylic oxidation sites excluding steroid dienone is 1. The monoisotopic (exact) mass is 243 g/mol. The maximum atomic E-state index is 3.70. The van der Waals surface area contributed by atoms with Crippen molar-refractivity contribution < 1.29 is 0 Å². The summed E-state index contributed by atoms with van der Waals surface area (Å²) in [5, 5.41) is 3.70. The van der Waals surface area contributed by atoms with Crippen molar-refractivity contribution in [3.05, 3.63) is 47.5 Å². The average Bonchev–Trinajstić information content (AvgIpc) is 2.92. The van der Waals surface area contributed by atoms with Gasteiger partial charge in [0.25, 0.3) is 0 Å². The predicted molar refractivity (Wildman–Crippen MR) is 78.8 cm³/mol. The molecule has 0 fully saturated rings. The van der Waals surface area contributed by atoms with Crippen LogP contribution < -0.4 is 5.32 Å². The van der Waals surface area contributed by atoms with Crippen molar-refractivity contribution in [3.8, 4) is 0 Å². The highest BCUT2D eigenvalue weighted by atomic mass is 14.9. The molecule has 0 saturated heterocycles. The van der Waals surface area contributed by atoms with Crippen molar-refractivity contribution in [2.24, 2.45) is 0 Å². The van der Waals surface area contributed by atoms with Gasteiger partial charge < -0.3 is 5.32 Å². The number of hydrogen-bond acceptors (Lipinski definition) is 1. The second-order valence-corrected chi connectivity index (χ2v) is 5.25. The van der Waals surface area contributed by atoms with Gasteiger partial charge in [0.05, 0.1) is 0 Å². The summed E-state index contributed by atoms with van der Waals surface area (Å²) in [5.74, 6) is 0. The molecule has 0 aromatic heterocycles. The minimum absolute atomic E-state index is 0.620. The fourth-order valence-corrected chi connectivity index (χ4v) is 2.66. The number of hydrogen-bond donors (Lipinski definition) is 1. The van der Waals surface area contributed by atoms with Gasteiger partial charge in [-0.3, -0.25) is 0 Å². The number of nitrogens with one attached hydrogen (secondary N) is 1. The Kier molecular flexibility index (Phi) is 5.47. The Labute approximate surface area is 111 Å². The summed E-state index contributed by atoms with van der Waals surface area (Å²) in [6.45, 7) is 3.41. The molecule has 0 spiro atoms. The summed E-state index contributed by atoms with van der Waals surface area (Å²) >= 11 is 0. The van der Waals surface area contributed by atoms with Crippen LogP contribution in [0.5, 0.6) is 0 Å². The van der Waals surface area contributed by atoms with Crippen LogP contribution in [0.25, 0.3) is 0 Å². The van der Waals surface area contributed by atoms with Crippen molar-refractivity contribution >= 4 is 0 Å². The molecule has 0 heterocycles. The van der Waals surface area contributed by atoms with Gasteiger partial charge in [0, 0.05) is 6.04 Å². The molecular formula is C17H25N. The third-order valence-electron chi connectivity index (χ3n) is 3.83.